The standard InChI is InChI=1S/C17H18Br2/c1-3-4-13-5-7-14(8-6-13)17(19)15-9-12(2)10-16(18)11-15/h5-11,17H,3-4H2,1-2H3. The van der Waals surface area contributed by atoms with Crippen molar-refractivity contribution in [1.29, 1.82) is 0 Å². The van der Waals surface area contributed by atoms with E-state index >= 15 is 0 Å². The van der Waals surface area contributed by atoms with Crippen molar-refractivity contribution in [2.24, 2.45) is 0 Å². The largest absolute Gasteiger partial charge is 0.0786 e. The van der Waals surface area contributed by atoms with Gasteiger partial charge in [-0.3, -0.25) is 0 Å². The third-order valence-electron chi connectivity index (χ3n) is 3.17. The molecule has 2 aromatic rings. The Kier molecular flexibility index (Phi) is 5.23. The van der Waals surface area contributed by atoms with E-state index in [9.17, 15) is 0 Å². The molecule has 0 aromatic heterocycles. The Morgan fingerprint density at radius 3 is 2.26 bits per heavy atom. The second-order valence-electron chi connectivity index (χ2n) is 4.92. The number of aryl methyl sites for hydroxylation is 2. The van der Waals surface area contributed by atoms with E-state index in [1.165, 1.54) is 28.7 Å². The van der Waals surface area contributed by atoms with Crippen LogP contribution in [0.4, 0.5) is 0 Å². The first kappa shape index (κ1) is 14.8. The molecule has 1 atom stereocenters. The SMILES string of the molecule is CCCc1ccc(C(Br)c2cc(C)cc(Br)c2)cc1. The Balaban J connectivity index is 2.25. The molecule has 0 heterocycles. The van der Waals surface area contributed by atoms with E-state index in [4.69, 9.17) is 0 Å². The molecule has 19 heavy (non-hydrogen) atoms. The number of benzene rings is 2. The molecule has 0 fully saturated rings. The summed E-state index contributed by atoms with van der Waals surface area (Å²) in [6, 6.07) is 15.4. The molecular formula is C17H18Br2. The molecule has 0 nitrogen and oxygen atoms in total. The molecule has 0 saturated carbocycles. The van der Waals surface area contributed by atoms with Gasteiger partial charge in [0.2, 0.25) is 0 Å². The maximum atomic E-state index is 3.81. The van der Waals surface area contributed by atoms with Crippen LogP contribution >= 0.6 is 31.9 Å². The smallest absolute Gasteiger partial charge is 0.0645 e. The van der Waals surface area contributed by atoms with Gasteiger partial charge in [0.15, 0.2) is 0 Å². The predicted molar refractivity (Wildman–Crippen MR) is 90.1 cm³/mol. The molecule has 0 amide bonds. The minimum Gasteiger partial charge on any atom is -0.0786 e. The van der Waals surface area contributed by atoms with Crippen molar-refractivity contribution in [1.82, 2.24) is 0 Å². The van der Waals surface area contributed by atoms with E-state index in [2.05, 4.69) is 88.2 Å². The van der Waals surface area contributed by atoms with E-state index in [-0.39, 0.29) is 4.83 Å². The van der Waals surface area contributed by atoms with Gasteiger partial charge >= 0.3 is 0 Å². The highest BCUT2D eigenvalue weighted by molar-refractivity contribution is 9.10. The fourth-order valence-electron chi connectivity index (χ4n) is 2.25. The summed E-state index contributed by atoms with van der Waals surface area (Å²) >= 11 is 7.37. The van der Waals surface area contributed by atoms with E-state index in [1.807, 2.05) is 0 Å². The second kappa shape index (κ2) is 6.71. The van der Waals surface area contributed by atoms with Crippen LogP contribution in [0.15, 0.2) is 46.9 Å². The van der Waals surface area contributed by atoms with Crippen LogP contribution in [-0.2, 0) is 6.42 Å². The minimum absolute atomic E-state index is 0.249. The van der Waals surface area contributed by atoms with Crippen LogP contribution in [0.5, 0.6) is 0 Å². The molecule has 0 saturated heterocycles. The normalized spacial score (nSPS) is 12.4. The highest BCUT2D eigenvalue weighted by Crippen LogP contribution is 2.33. The Morgan fingerprint density at radius 2 is 1.68 bits per heavy atom. The summed E-state index contributed by atoms with van der Waals surface area (Å²) in [5.74, 6) is 0. The first-order chi connectivity index (χ1) is 9.10. The van der Waals surface area contributed by atoms with Gasteiger partial charge < -0.3 is 0 Å². The van der Waals surface area contributed by atoms with Crippen molar-refractivity contribution in [3.05, 3.63) is 69.2 Å². The maximum absolute atomic E-state index is 3.81. The predicted octanol–water partition coefficient (Wildman–Crippen LogP) is 6.19. The van der Waals surface area contributed by atoms with Gasteiger partial charge in [-0.05, 0) is 47.7 Å². The highest BCUT2D eigenvalue weighted by Gasteiger charge is 2.11. The quantitative estimate of drug-likeness (QED) is 0.553. The Morgan fingerprint density at radius 1 is 1.00 bits per heavy atom. The summed E-state index contributed by atoms with van der Waals surface area (Å²) in [6.07, 6.45) is 2.35. The summed E-state index contributed by atoms with van der Waals surface area (Å²) in [5, 5.41) is 0. The number of halogens is 2. The monoisotopic (exact) mass is 380 g/mol. The molecule has 0 spiro atoms. The molecule has 100 valence electrons. The first-order valence-corrected chi connectivity index (χ1v) is 8.31. The molecule has 2 aromatic carbocycles. The Bertz CT molecular complexity index is 523. The average molecular weight is 382 g/mol. The summed E-state index contributed by atoms with van der Waals surface area (Å²) < 4.78 is 1.13. The van der Waals surface area contributed by atoms with E-state index in [1.54, 1.807) is 0 Å². The van der Waals surface area contributed by atoms with Crippen molar-refractivity contribution >= 4 is 31.9 Å². The molecule has 0 bridgehead atoms. The number of alkyl halides is 1. The minimum atomic E-state index is 0.249. The van der Waals surface area contributed by atoms with Gasteiger partial charge in [0.25, 0.3) is 0 Å². The maximum Gasteiger partial charge on any atom is 0.0645 e. The topological polar surface area (TPSA) is 0 Å². The molecule has 0 radical (unpaired) electrons. The van der Waals surface area contributed by atoms with Crippen LogP contribution in [0.25, 0.3) is 0 Å². The fraction of sp³-hybridized carbons (Fsp3) is 0.294. The van der Waals surface area contributed by atoms with Crippen molar-refractivity contribution in [3.63, 3.8) is 0 Å². The second-order valence-corrected chi connectivity index (χ2v) is 6.75. The zero-order valence-corrected chi connectivity index (χ0v) is 14.5. The summed E-state index contributed by atoms with van der Waals surface area (Å²) in [6.45, 7) is 4.34. The third kappa shape index (κ3) is 3.93. The van der Waals surface area contributed by atoms with Gasteiger partial charge in [0.05, 0.1) is 4.83 Å². The zero-order chi connectivity index (χ0) is 13.8. The molecule has 1 unspecified atom stereocenters. The van der Waals surface area contributed by atoms with Crippen LogP contribution in [0.2, 0.25) is 0 Å². The van der Waals surface area contributed by atoms with Gasteiger partial charge in [0.1, 0.15) is 0 Å². The Labute approximate surface area is 132 Å². The lowest BCUT2D eigenvalue weighted by Crippen LogP contribution is -1.94. The van der Waals surface area contributed by atoms with Crippen molar-refractivity contribution in [2.75, 3.05) is 0 Å². The lowest BCUT2D eigenvalue weighted by atomic mass is 10.0. The van der Waals surface area contributed by atoms with Gasteiger partial charge in [-0.15, -0.1) is 0 Å². The van der Waals surface area contributed by atoms with E-state index < -0.39 is 0 Å². The van der Waals surface area contributed by atoms with E-state index in [0.717, 1.165) is 10.9 Å². The average Bonchev–Trinajstić information content (AvgIpc) is 2.38. The van der Waals surface area contributed by atoms with Crippen LogP contribution in [0, 0.1) is 6.92 Å². The van der Waals surface area contributed by atoms with E-state index in [0.29, 0.717) is 0 Å². The molecule has 0 aliphatic rings. The van der Waals surface area contributed by atoms with Crippen molar-refractivity contribution in [3.8, 4) is 0 Å². The summed E-state index contributed by atoms with van der Waals surface area (Å²) in [5.41, 5.74) is 5.28. The van der Waals surface area contributed by atoms with Crippen LogP contribution in [0.1, 0.15) is 40.4 Å². The first-order valence-electron chi connectivity index (χ1n) is 6.60. The lowest BCUT2D eigenvalue weighted by Gasteiger charge is -2.13. The fourth-order valence-corrected chi connectivity index (χ4v) is 3.44. The molecule has 2 heteroatoms. The van der Waals surface area contributed by atoms with Crippen LogP contribution in [-0.4, -0.2) is 0 Å². The number of hydrogen-bond acceptors (Lipinski definition) is 0. The van der Waals surface area contributed by atoms with Crippen LogP contribution in [0.3, 0.4) is 0 Å². The van der Waals surface area contributed by atoms with Gasteiger partial charge in [-0.2, -0.15) is 0 Å². The van der Waals surface area contributed by atoms with Crippen LogP contribution < -0.4 is 0 Å². The van der Waals surface area contributed by atoms with Gasteiger partial charge in [-0.25, -0.2) is 0 Å². The molecular weight excluding hydrogens is 364 g/mol. The van der Waals surface area contributed by atoms with Gasteiger partial charge in [-0.1, -0.05) is 75.5 Å². The third-order valence-corrected chi connectivity index (χ3v) is 4.68. The summed E-state index contributed by atoms with van der Waals surface area (Å²) in [4.78, 5) is 0.249. The Hall–Kier alpha value is -0.600. The molecule has 0 N–H and O–H groups in total. The molecule has 0 aliphatic heterocycles. The van der Waals surface area contributed by atoms with Crippen molar-refractivity contribution in [2.45, 2.75) is 31.5 Å². The number of hydrogen-bond donors (Lipinski definition) is 0. The molecule has 0 aliphatic carbocycles. The highest BCUT2D eigenvalue weighted by atomic mass is 79.9. The molecule has 2 rings (SSSR count). The lowest BCUT2D eigenvalue weighted by molar-refractivity contribution is 0.920. The van der Waals surface area contributed by atoms with Gasteiger partial charge in [0, 0.05) is 4.47 Å². The summed E-state index contributed by atoms with van der Waals surface area (Å²) in [7, 11) is 0. The number of rotatable bonds is 4. The van der Waals surface area contributed by atoms with Crippen molar-refractivity contribution < 1.29 is 0 Å². The zero-order valence-electron chi connectivity index (χ0n) is 11.3.